The minimum Gasteiger partial charge on any atom is -0.361 e. The first kappa shape index (κ1) is 16.3. The first-order valence-electron chi connectivity index (χ1n) is 8.59. The van der Waals surface area contributed by atoms with E-state index in [2.05, 4.69) is 53.6 Å². The van der Waals surface area contributed by atoms with Crippen LogP contribution in [0.4, 0.5) is 0 Å². The van der Waals surface area contributed by atoms with Gasteiger partial charge >= 0.3 is 0 Å². The summed E-state index contributed by atoms with van der Waals surface area (Å²) >= 11 is 0. The Kier molecular flexibility index (Phi) is 5.32. The lowest BCUT2D eigenvalue weighted by atomic mass is 10.1. The number of aromatic amines is 1. The molecule has 0 saturated carbocycles. The van der Waals surface area contributed by atoms with Gasteiger partial charge in [-0.15, -0.1) is 0 Å². The molecule has 0 atom stereocenters. The number of H-pyrrole nitrogens is 1. The molecule has 3 aromatic rings. The minimum absolute atomic E-state index is 0.141. The van der Waals surface area contributed by atoms with E-state index in [0.717, 1.165) is 24.8 Å². The van der Waals surface area contributed by atoms with Gasteiger partial charge in [0.25, 0.3) is 0 Å². The van der Waals surface area contributed by atoms with Crippen LogP contribution in [0.1, 0.15) is 29.5 Å². The molecule has 0 spiro atoms. The van der Waals surface area contributed by atoms with Gasteiger partial charge < -0.3 is 10.3 Å². The molecule has 24 heavy (non-hydrogen) atoms. The number of hydrogen-bond acceptors (Lipinski definition) is 1. The van der Waals surface area contributed by atoms with Crippen molar-refractivity contribution >= 4 is 16.8 Å². The first-order chi connectivity index (χ1) is 11.7. The van der Waals surface area contributed by atoms with Crippen molar-refractivity contribution in [1.82, 2.24) is 10.3 Å². The van der Waals surface area contributed by atoms with Crippen LogP contribution in [0.15, 0.2) is 54.7 Å². The van der Waals surface area contributed by atoms with Gasteiger partial charge in [-0.05, 0) is 43.4 Å². The van der Waals surface area contributed by atoms with Gasteiger partial charge in [0.15, 0.2) is 0 Å². The molecule has 3 nitrogen and oxygen atoms in total. The quantitative estimate of drug-likeness (QED) is 0.674. The maximum Gasteiger partial charge on any atom is 0.220 e. The number of amides is 1. The maximum absolute atomic E-state index is 12.0. The normalized spacial score (nSPS) is 10.9. The van der Waals surface area contributed by atoms with Gasteiger partial charge in [-0.2, -0.15) is 0 Å². The largest absolute Gasteiger partial charge is 0.361 e. The van der Waals surface area contributed by atoms with E-state index in [1.807, 2.05) is 18.3 Å². The summed E-state index contributed by atoms with van der Waals surface area (Å²) in [6.07, 6.45) is 5.32. The fraction of sp³-hybridized carbons (Fsp3) is 0.286. The lowest BCUT2D eigenvalue weighted by Crippen LogP contribution is -2.25. The van der Waals surface area contributed by atoms with Crippen LogP contribution >= 0.6 is 0 Å². The van der Waals surface area contributed by atoms with Gasteiger partial charge in [-0.1, -0.05) is 48.0 Å². The molecule has 0 unspecified atom stereocenters. The van der Waals surface area contributed by atoms with E-state index in [1.54, 1.807) is 0 Å². The fourth-order valence-electron chi connectivity index (χ4n) is 2.97. The molecule has 0 aliphatic heterocycles. The molecule has 1 heterocycles. The molecule has 3 rings (SSSR count). The van der Waals surface area contributed by atoms with Gasteiger partial charge in [-0.25, -0.2) is 0 Å². The summed E-state index contributed by atoms with van der Waals surface area (Å²) in [5, 5.41) is 4.27. The Hall–Kier alpha value is -2.55. The van der Waals surface area contributed by atoms with Crippen molar-refractivity contribution in [2.45, 2.75) is 32.6 Å². The second kappa shape index (κ2) is 7.82. The van der Waals surface area contributed by atoms with Gasteiger partial charge in [0.2, 0.25) is 5.91 Å². The van der Waals surface area contributed by atoms with E-state index in [4.69, 9.17) is 0 Å². The van der Waals surface area contributed by atoms with E-state index >= 15 is 0 Å². The van der Waals surface area contributed by atoms with Crippen molar-refractivity contribution in [2.24, 2.45) is 0 Å². The van der Waals surface area contributed by atoms with Gasteiger partial charge in [0, 0.05) is 30.1 Å². The Morgan fingerprint density at radius 2 is 1.83 bits per heavy atom. The van der Waals surface area contributed by atoms with Crippen molar-refractivity contribution in [3.8, 4) is 0 Å². The van der Waals surface area contributed by atoms with Crippen LogP contribution in [0.3, 0.4) is 0 Å². The lowest BCUT2D eigenvalue weighted by Gasteiger charge is -2.05. The third-order valence-corrected chi connectivity index (χ3v) is 4.38. The molecule has 0 saturated heterocycles. The molecule has 0 fully saturated rings. The van der Waals surface area contributed by atoms with E-state index in [-0.39, 0.29) is 5.91 Å². The first-order valence-corrected chi connectivity index (χ1v) is 8.59. The third-order valence-electron chi connectivity index (χ3n) is 4.38. The number of fused-ring (bicyclic) bond motifs is 1. The second-order valence-electron chi connectivity index (χ2n) is 6.30. The Morgan fingerprint density at radius 1 is 1.04 bits per heavy atom. The molecular formula is C21H24N2O. The number of carbonyl (C=O) groups is 1. The average Bonchev–Trinajstić information content (AvgIpc) is 3.00. The number of carbonyl (C=O) groups excluding carboxylic acids is 1. The highest BCUT2D eigenvalue weighted by atomic mass is 16.1. The SMILES string of the molecule is Cc1ccc(CCCC(=O)NCCc2c[nH]c3ccccc23)cc1. The summed E-state index contributed by atoms with van der Waals surface area (Å²) in [4.78, 5) is 15.2. The number of aromatic nitrogens is 1. The molecule has 1 aromatic heterocycles. The molecule has 0 aliphatic carbocycles. The van der Waals surface area contributed by atoms with Crippen molar-refractivity contribution in [1.29, 1.82) is 0 Å². The molecule has 3 heteroatoms. The summed E-state index contributed by atoms with van der Waals surface area (Å²) in [6, 6.07) is 16.8. The van der Waals surface area contributed by atoms with E-state index in [9.17, 15) is 4.79 Å². The Balaban J connectivity index is 1.39. The summed E-state index contributed by atoms with van der Waals surface area (Å²) < 4.78 is 0. The molecule has 2 N–H and O–H groups in total. The number of rotatable bonds is 7. The zero-order valence-corrected chi connectivity index (χ0v) is 14.1. The lowest BCUT2D eigenvalue weighted by molar-refractivity contribution is -0.121. The number of aryl methyl sites for hydroxylation is 2. The summed E-state index contributed by atoms with van der Waals surface area (Å²) in [7, 11) is 0. The summed E-state index contributed by atoms with van der Waals surface area (Å²) in [5.74, 6) is 0.141. The van der Waals surface area contributed by atoms with Crippen molar-refractivity contribution in [2.75, 3.05) is 6.54 Å². The number of benzene rings is 2. The summed E-state index contributed by atoms with van der Waals surface area (Å²) in [5.41, 5.74) is 4.98. The van der Waals surface area contributed by atoms with E-state index in [1.165, 1.54) is 22.1 Å². The zero-order chi connectivity index (χ0) is 16.8. The van der Waals surface area contributed by atoms with E-state index in [0.29, 0.717) is 13.0 Å². The Bertz CT molecular complexity index is 802. The predicted molar refractivity (Wildman–Crippen MR) is 99.1 cm³/mol. The monoisotopic (exact) mass is 320 g/mol. The smallest absolute Gasteiger partial charge is 0.220 e. The zero-order valence-electron chi connectivity index (χ0n) is 14.1. The molecule has 0 radical (unpaired) electrons. The molecule has 0 bridgehead atoms. The maximum atomic E-state index is 12.0. The minimum atomic E-state index is 0.141. The standard InChI is InChI=1S/C21H24N2O/c1-16-9-11-17(12-10-16)5-4-8-21(24)22-14-13-18-15-23-20-7-3-2-6-19(18)20/h2-3,6-7,9-12,15,23H,4-5,8,13-14H2,1H3,(H,22,24). The van der Waals surface area contributed by atoms with Gasteiger partial charge in [0.05, 0.1) is 0 Å². The molecule has 2 aromatic carbocycles. The van der Waals surface area contributed by atoms with Gasteiger partial charge in [0.1, 0.15) is 0 Å². The van der Waals surface area contributed by atoms with Crippen molar-refractivity contribution in [3.63, 3.8) is 0 Å². The molecule has 1 amide bonds. The van der Waals surface area contributed by atoms with Crippen LogP contribution < -0.4 is 5.32 Å². The van der Waals surface area contributed by atoms with Crippen molar-refractivity contribution in [3.05, 3.63) is 71.4 Å². The van der Waals surface area contributed by atoms with Gasteiger partial charge in [-0.3, -0.25) is 4.79 Å². The fourth-order valence-corrected chi connectivity index (χ4v) is 2.97. The highest BCUT2D eigenvalue weighted by molar-refractivity contribution is 5.83. The summed E-state index contributed by atoms with van der Waals surface area (Å²) in [6.45, 7) is 2.77. The van der Waals surface area contributed by atoms with Crippen LogP contribution in [0.2, 0.25) is 0 Å². The van der Waals surface area contributed by atoms with E-state index < -0.39 is 0 Å². The van der Waals surface area contributed by atoms with Crippen LogP contribution in [0, 0.1) is 6.92 Å². The highest BCUT2D eigenvalue weighted by Gasteiger charge is 2.05. The van der Waals surface area contributed by atoms with Crippen molar-refractivity contribution < 1.29 is 4.79 Å². The molecular weight excluding hydrogens is 296 g/mol. The molecule has 0 aliphatic rings. The number of para-hydroxylation sites is 1. The molecule has 124 valence electrons. The Morgan fingerprint density at radius 3 is 2.67 bits per heavy atom. The third kappa shape index (κ3) is 4.25. The Labute approximate surface area is 143 Å². The number of hydrogen-bond donors (Lipinski definition) is 2. The van der Waals surface area contributed by atoms with Crippen LogP contribution in [0.25, 0.3) is 10.9 Å². The van der Waals surface area contributed by atoms with Crippen LogP contribution in [0.5, 0.6) is 0 Å². The predicted octanol–water partition coefficient (Wildman–Crippen LogP) is 4.16. The second-order valence-corrected chi connectivity index (χ2v) is 6.30. The van der Waals surface area contributed by atoms with Crippen LogP contribution in [-0.4, -0.2) is 17.4 Å². The number of nitrogens with one attached hydrogen (secondary N) is 2. The van der Waals surface area contributed by atoms with Crippen LogP contribution in [-0.2, 0) is 17.6 Å². The highest BCUT2D eigenvalue weighted by Crippen LogP contribution is 2.17. The average molecular weight is 320 g/mol. The topological polar surface area (TPSA) is 44.9 Å².